The maximum Gasteiger partial charge on any atom is 0.209 e. The van der Waals surface area contributed by atoms with Crippen molar-refractivity contribution in [1.29, 1.82) is 5.26 Å². The standard InChI is InChI=1S/C32H25N3O2/c1-32(2)23-16-19(18-33)14-15-25(23)34(3)26(32)17-22-30(36)28(31(22)37)27-21-12-8-9-13-24(21)35(4)29(27)20-10-6-5-7-11-20/h5-17H,1-4H3/p+1. The number of aliphatic hydroxyl groups excluding tert-OH is 1. The van der Waals surface area contributed by atoms with E-state index in [1.54, 1.807) is 12.1 Å². The molecule has 4 aromatic rings. The maximum atomic E-state index is 13.7. The number of para-hydroxylation sites is 1. The van der Waals surface area contributed by atoms with Gasteiger partial charge in [-0.2, -0.15) is 9.84 Å². The van der Waals surface area contributed by atoms with E-state index in [-0.39, 0.29) is 11.5 Å². The van der Waals surface area contributed by atoms with Gasteiger partial charge in [0.15, 0.2) is 5.71 Å². The molecule has 5 nitrogen and oxygen atoms in total. The number of aromatic nitrogens is 1. The number of hydrogen-bond donors (Lipinski definition) is 1. The van der Waals surface area contributed by atoms with Gasteiger partial charge in [0, 0.05) is 41.2 Å². The molecule has 0 spiro atoms. The van der Waals surface area contributed by atoms with Crippen LogP contribution >= 0.6 is 0 Å². The summed E-state index contributed by atoms with van der Waals surface area (Å²) in [6.07, 6.45) is 1.81. The van der Waals surface area contributed by atoms with Gasteiger partial charge >= 0.3 is 0 Å². The summed E-state index contributed by atoms with van der Waals surface area (Å²) in [6.45, 7) is 4.15. The molecule has 2 aliphatic rings. The number of aliphatic hydroxyl groups is 1. The van der Waals surface area contributed by atoms with Crippen LogP contribution in [0.3, 0.4) is 0 Å². The minimum absolute atomic E-state index is 0.0175. The third-order valence-corrected chi connectivity index (χ3v) is 7.81. The van der Waals surface area contributed by atoms with E-state index in [9.17, 15) is 15.2 Å². The molecule has 1 aliphatic heterocycles. The lowest BCUT2D eigenvalue weighted by Gasteiger charge is -2.23. The lowest BCUT2D eigenvalue weighted by atomic mass is 9.76. The lowest BCUT2D eigenvalue weighted by molar-refractivity contribution is -0.401. The van der Waals surface area contributed by atoms with Gasteiger partial charge in [0.1, 0.15) is 12.8 Å². The molecular weight excluding hydrogens is 458 g/mol. The Labute approximate surface area is 215 Å². The molecule has 6 rings (SSSR count). The van der Waals surface area contributed by atoms with Crippen LogP contribution in [0.25, 0.3) is 27.7 Å². The monoisotopic (exact) mass is 484 g/mol. The molecule has 37 heavy (non-hydrogen) atoms. The highest BCUT2D eigenvalue weighted by molar-refractivity contribution is 6.42. The summed E-state index contributed by atoms with van der Waals surface area (Å²) in [6, 6.07) is 25.8. The Bertz CT molecular complexity index is 1790. The number of aryl methyl sites for hydroxylation is 1. The van der Waals surface area contributed by atoms with Gasteiger partial charge in [-0.1, -0.05) is 48.5 Å². The molecule has 2 heterocycles. The first-order chi connectivity index (χ1) is 17.8. The van der Waals surface area contributed by atoms with Crippen LogP contribution in [0.4, 0.5) is 5.69 Å². The van der Waals surface area contributed by atoms with E-state index in [2.05, 4.69) is 24.5 Å². The normalized spacial score (nSPS) is 17.4. The molecule has 0 radical (unpaired) electrons. The van der Waals surface area contributed by atoms with Crippen molar-refractivity contribution < 1.29 is 14.5 Å². The Kier molecular flexibility index (Phi) is 4.86. The van der Waals surface area contributed by atoms with Gasteiger partial charge in [-0.05, 0) is 37.6 Å². The molecule has 0 fully saturated rings. The van der Waals surface area contributed by atoms with Gasteiger partial charge in [0.2, 0.25) is 11.5 Å². The highest BCUT2D eigenvalue weighted by Gasteiger charge is 2.46. The Morgan fingerprint density at radius 1 is 1.03 bits per heavy atom. The number of allylic oxidation sites excluding steroid dienone is 3. The van der Waals surface area contributed by atoms with E-state index in [1.807, 2.05) is 85.4 Å². The molecule has 1 N–H and O–H groups in total. The van der Waals surface area contributed by atoms with Crippen LogP contribution in [0.1, 0.15) is 30.5 Å². The number of nitriles is 1. The smallest absolute Gasteiger partial charge is 0.209 e. The first-order valence-corrected chi connectivity index (χ1v) is 12.2. The third-order valence-electron chi connectivity index (χ3n) is 7.81. The van der Waals surface area contributed by atoms with Gasteiger partial charge < -0.3 is 9.67 Å². The lowest BCUT2D eigenvalue weighted by Crippen LogP contribution is -2.30. The fourth-order valence-corrected chi connectivity index (χ4v) is 5.87. The first kappa shape index (κ1) is 22.8. The molecular formula is C32H26N3O2+. The largest absolute Gasteiger partial charge is 0.506 e. The molecule has 1 aliphatic carbocycles. The van der Waals surface area contributed by atoms with Crippen molar-refractivity contribution in [3.05, 3.63) is 107 Å². The number of carbonyl (C=O) groups excluding carboxylic acids is 1. The summed E-state index contributed by atoms with van der Waals surface area (Å²) in [5.74, 6) is -0.152. The number of Topliss-reactive ketones (excluding diaryl/α,β-unsaturated/α-hetero) is 1. The number of benzene rings is 3. The Hall–Kier alpha value is -4.69. The SMILES string of the molecule is Cn1c(-c2ccccc2)c(C2=C(O)/C(=C/C3=[N+](C)c4ccc(C#N)cc4C3(C)C)C2=O)c2ccccc21. The summed E-state index contributed by atoms with van der Waals surface area (Å²) >= 11 is 0. The molecule has 0 atom stereocenters. The average molecular weight is 485 g/mol. The minimum Gasteiger partial charge on any atom is -0.506 e. The van der Waals surface area contributed by atoms with E-state index >= 15 is 0 Å². The summed E-state index contributed by atoms with van der Waals surface area (Å²) in [7, 11) is 3.94. The van der Waals surface area contributed by atoms with Gasteiger partial charge in [0.05, 0.1) is 33.9 Å². The molecule has 1 aromatic heterocycles. The van der Waals surface area contributed by atoms with E-state index in [0.717, 1.165) is 44.7 Å². The van der Waals surface area contributed by atoms with Crippen LogP contribution in [0.5, 0.6) is 0 Å². The van der Waals surface area contributed by atoms with Crippen molar-refractivity contribution in [2.45, 2.75) is 19.3 Å². The number of rotatable bonds is 3. The summed E-state index contributed by atoms with van der Waals surface area (Å²) in [4.78, 5) is 13.7. The topological polar surface area (TPSA) is 69.0 Å². The molecule has 3 aromatic carbocycles. The number of ketones is 1. The zero-order valence-electron chi connectivity index (χ0n) is 21.2. The summed E-state index contributed by atoms with van der Waals surface area (Å²) in [5, 5.41) is 21.7. The predicted molar refractivity (Wildman–Crippen MR) is 146 cm³/mol. The van der Waals surface area contributed by atoms with Crippen molar-refractivity contribution in [3.8, 4) is 17.3 Å². The quantitative estimate of drug-likeness (QED) is 0.278. The zero-order valence-corrected chi connectivity index (χ0v) is 21.2. The Morgan fingerprint density at radius 2 is 1.73 bits per heavy atom. The average Bonchev–Trinajstić information content (AvgIpc) is 3.30. The van der Waals surface area contributed by atoms with E-state index in [4.69, 9.17) is 0 Å². The van der Waals surface area contributed by atoms with E-state index < -0.39 is 5.41 Å². The molecule has 0 bridgehead atoms. The van der Waals surface area contributed by atoms with Crippen molar-refractivity contribution in [1.82, 2.24) is 4.57 Å². The van der Waals surface area contributed by atoms with Gasteiger partial charge in [0.25, 0.3) is 0 Å². The molecule has 5 heteroatoms. The van der Waals surface area contributed by atoms with Crippen molar-refractivity contribution >= 4 is 33.7 Å². The van der Waals surface area contributed by atoms with Crippen LogP contribution in [0, 0.1) is 11.3 Å². The van der Waals surface area contributed by atoms with Crippen LogP contribution in [-0.2, 0) is 17.3 Å². The predicted octanol–water partition coefficient (Wildman–Crippen LogP) is 6.20. The second kappa shape index (κ2) is 7.91. The molecule has 0 amide bonds. The van der Waals surface area contributed by atoms with E-state index in [0.29, 0.717) is 16.7 Å². The maximum absolute atomic E-state index is 13.7. The second-order valence-corrected chi connectivity index (χ2v) is 10.2. The number of carbonyl (C=O) groups is 1. The highest BCUT2D eigenvalue weighted by Crippen LogP contribution is 2.46. The number of hydrogen-bond acceptors (Lipinski definition) is 3. The minimum atomic E-state index is -0.436. The number of fused-ring (bicyclic) bond motifs is 2. The Balaban J connectivity index is 1.53. The van der Waals surface area contributed by atoms with Gasteiger partial charge in [-0.15, -0.1) is 0 Å². The highest BCUT2D eigenvalue weighted by atomic mass is 16.3. The molecule has 0 saturated carbocycles. The van der Waals surface area contributed by atoms with Crippen LogP contribution < -0.4 is 0 Å². The van der Waals surface area contributed by atoms with Crippen LogP contribution in [0.15, 0.2) is 90.2 Å². The van der Waals surface area contributed by atoms with Crippen LogP contribution in [0.2, 0.25) is 0 Å². The Morgan fingerprint density at radius 3 is 2.43 bits per heavy atom. The van der Waals surface area contributed by atoms with Crippen LogP contribution in [-0.4, -0.2) is 32.8 Å². The van der Waals surface area contributed by atoms with E-state index in [1.165, 1.54) is 0 Å². The second-order valence-electron chi connectivity index (χ2n) is 10.2. The zero-order chi connectivity index (χ0) is 26.1. The van der Waals surface area contributed by atoms with Crippen molar-refractivity contribution in [2.75, 3.05) is 7.05 Å². The fraction of sp³-hybridized carbons (Fsp3) is 0.156. The van der Waals surface area contributed by atoms with Crippen molar-refractivity contribution in [3.63, 3.8) is 0 Å². The van der Waals surface area contributed by atoms with Crippen molar-refractivity contribution in [2.24, 2.45) is 7.05 Å². The third kappa shape index (κ3) is 3.09. The molecule has 180 valence electrons. The first-order valence-electron chi connectivity index (χ1n) is 12.2. The summed E-state index contributed by atoms with van der Waals surface area (Å²) < 4.78 is 4.12. The van der Waals surface area contributed by atoms with Gasteiger partial charge in [-0.25, -0.2) is 0 Å². The fourth-order valence-electron chi connectivity index (χ4n) is 5.87. The molecule has 0 unspecified atom stereocenters. The number of nitrogens with zero attached hydrogens (tertiary/aromatic N) is 3. The molecule has 0 saturated heterocycles. The summed E-state index contributed by atoms with van der Waals surface area (Å²) in [5.41, 5.74) is 7.38. The van der Waals surface area contributed by atoms with Gasteiger partial charge in [-0.3, -0.25) is 4.79 Å².